The Labute approximate surface area is 105 Å². The van der Waals surface area contributed by atoms with Crippen LogP contribution in [0.1, 0.15) is 23.0 Å². The number of hydrogen-bond acceptors (Lipinski definition) is 3. The number of aliphatic hydroxyl groups is 1. The molecule has 0 bridgehead atoms. The number of hydrogen-bond donors (Lipinski definition) is 1. The van der Waals surface area contributed by atoms with Crippen LogP contribution in [0.2, 0.25) is 0 Å². The maximum Gasteiger partial charge on any atom is 0.138 e. The average molecular weight is 239 g/mol. The van der Waals surface area contributed by atoms with E-state index in [4.69, 9.17) is 4.42 Å². The normalized spacial score (nSPS) is 12.8. The highest BCUT2D eigenvalue weighted by molar-refractivity contribution is 5.78. The number of aliphatic hydroxyl groups excluding tert-OH is 1. The Kier molecular flexibility index (Phi) is 2.61. The lowest BCUT2D eigenvalue weighted by atomic mass is 10.1. The summed E-state index contributed by atoms with van der Waals surface area (Å²) in [4.78, 5) is 4.00. The molecule has 0 saturated heterocycles. The zero-order valence-electron chi connectivity index (χ0n) is 10.00. The number of aromatic nitrogens is 1. The van der Waals surface area contributed by atoms with E-state index in [2.05, 4.69) is 4.98 Å². The maximum atomic E-state index is 10.2. The van der Waals surface area contributed by atoms with Crippen molar-refractivity contribution >= 4 is 11.0 Å². The highest BCUT2D eigenvalue weighted by Gasteiger charge is 2.15. The Hall–Kier alpha value is -2.13. The number of furan rings is 1. The Bertz CT molecular complexity index is 673. The molecular weight excluding hydrogens is 226 g/mol. The molecule has 0 spiro atoms. The van der Waals surface area contributed by atoms with Crippen molar-refractivity contribution in [3.05, 3.63) is 65.7 Å². The van der Waals surface area contributed by atoms with E-state index in [1.54, 1.807) is 18.5 Å². The molecule has 18 heavy (non-hydrogen) atoms. The molecule has 0 amide bonds. The topological polar surface area (TPSA) is 46.3 Å². The van der Waals surface area contributed by atoms with E-state index >= 15 is 0 Å². The van der Waals surface area contributed by atoms with E-state index in [-0.39, 0.29) is 0 Å². The van der Waals surface area contributed by atoms with Gasteiger partial charge in [-0.25, -0.2) is 0 Å². The van der Waals surface area contributed by atoms with Gasteiger partial charge < -0.3 is 9.52 Å². The van der Waals surface area contributed by atoms with Crippen LogP contribution >= 0.6 is 0 Å². The van der Waals surface area contributed by atoms with Crippen LogP contribution in [-0.2, 0) is 0 Å². The molecule has 3 aromatic rings. The molecule has 0 saturated carbocycles. The van der Waals surface area contributed by atoms with Crippen LogP contribution in [0.25, 0.3) is 11.0 Å². The van der Waals surface area contributed by atoms with E-state index in [0.717, 1.165) is 16.5 Å². The Balaban J connectivity index is 2.04. The first-order valence-electron chi connectivity index (χ1n) is 5.82. The van der Waals surface area contributed by atoms with Crippen molar-refractivity contribution in [2.24, 2.45) is 0 Å². The van der Waals surface area contributed by atoms with Gasteiger partial charge in [0.05, 0.1) is 0 Å². The van der Waals surface area contributed by atoms with Crippen LogP contribution in [0.15, 0.2) is 53.2 Å². The Morgan fingerprint density at radius 2 is 2.11 bits per heavy atom. The second kappa shape index (κ2) is 4.27. The fraction of sp³-hybridized carbons (Fsp3) is 0.133. The Morgan fingerprint density at radius 1 is 1.22 bits per heavy atom. The molecular formula is C15H13NO2. The average Bonchev–Trinajstić information content (AvgIpc) is 2.81. The van der Waals surface area contributed by atoms with Crippen LogP contribution < -0.4 is 0 Å². The molecule has 0 fully saturated rings. The van der Waals surface area contributed by atoms with E-state index in [9.17, 15) is 5.11 Å². The molecule has 3 nitrogen and oxygen atoms in total. The van der Waals surface area contributed by atoms with E-state index < -0.39 is 6.10 Å². The number of pyridine rings is 1. The quantitative estimate of drug-likeness (QED) is 0.746. The summed E-state index contributed by atoms with van der Waals surface area (Å²) in [6, 6.07) is 11.5. The second-order valence-corrected chi connectivity index (χ2v) is 4.38. The van der Waals surface area contributed by atoms with Crippen LogP contribution in [-0.4, -0.2) is 10.1 Å². The lowest BCUT2D eigenvalue weighted by Crippen LogP contribution is -1.97. The van der Waals surface area contributed by atoms with Gasteiger partial charge in [0.1, 0.15) is 17.4 Å². The number of benzene rings is 1. The lowest BCUT2D eigenvalue weighted by molar-refractivity contribution is 0.192. The summed E-state index contributed by atoms with van der Waals surface area (Å²) in [6.07, 6.45) is 2.55. The molecule has 1 unspecified atom stereocenters. The van der Waals surface area contributed by atoms with Crippen LogP contribution in [0.3, 0.4) is 0 Å². The molecule has 2 heterocycles. The summed E-state index contributed by atoms with van der Waals surface area (Å²) >= 11 is 0. The molecule has 0 aliphatic heterocycles. The third-order valence-corrected chi connectivity index (χ3v) is 2.96. The number of rotatable bonds is 2. The van der Waals surface area contributed by atoms with Crippen LogP contribution in [0, 0.1) is 6.92 Å². The molecule has 90 valence electrons. The third kappa shape index (κ3) is 1.89. The van der Waals surface area contributed by atoms with Crippen molar-refractivity contribution in [3.8, 4) is 0 Å². The van der Waals surface area contributed by atoms with Gasteiger partial charge in [0.25, 0.3) is 0 Å². The minimum Gasteiger partial charge on any atom is -0.458 e. The van der Waals surface area contributed by atoms with Gasteiger partial charge >= 0.3 is 0 Å². The molecule has 0 aliphatic carbocycles. The lowest BCUT2D eigenvalue weighted by Gasteiger charge is -2.06. The van der Waals surface area contributed by atoms with Gasteiger partial charge in [-0.2, -0.15) is 0 Å². The van der Waals surface area contributed by atoms with E-state index in [0.29, 0.717) is 5.76 Å². The minimum atomic E-state index is -0.772. The SMILES string of the molecule is Cc1ccc2oc(C(O)c3cccnc3)cc2c1. The van der Waals surface area contributed by atoms with E-state index in [1.807, 2.05) is 37.3 Å². The highest BCUT2D eigenvalue weighted by Crippen LogP contribution is 2.28. The smallest absolute Gasteiger partial charge is 0.138 e. The highest BCUT2D eigenvalue weighted by atomic mass is 16.4. The van der Waals surface area contributed by atoms with Gasteiger partial charge in [-0.1, -0.05) is 17.7 Å². The first-order valence-corrected chi connectivity index (χ1v) is 5.82. The van der Waals surface area contributed by atoms with Crippen molar-refractivity contribution < 1.29 is 9.52 Å². The fourth-order valence-corrected chi connectivity index (χ4v) is 2.02. The summed E-state index contributed by atoms with van der Waals surface area (Å²) in [5.74, 6) is 0.545. The zero-order chi connectivity index (χ0) is 12.5. The van der Waals surface area contributed by atoms with Gasteiger partial charge in [0.2, 0.25) is 0 Å². The summed E-state index contributed by atoms with van der Waals surface area (Å²) in [5, 5.41) is 11.2. The minimum absolute atomic E-state index is 0.545. The summed E-state index contributed by atoms with van der Waals surface area (Å²) in [7, 11) is 0. The predicted molar refractivity (Wildman–Crippen MR) is 69.2 cm³/mol. The first-order chi connectivity index (χ1) is 8.74. The fourth-order valence-electron chi connectivity index (χ4n) is 2.02. The van der Waals surface area contributed by atoms with Crippen LogP contribution in [0.5, 0.6) is 0 Å². The van der Waals surface area contributed by atoms with Gasteiger partial charge in [0, 0.05) is 23.3 Å². The van der Waals surface area contributed by atoms with Gasteiger partial charge in [-0.05, 0) is 31.2 Å². The monoisotopic (exact) mass is 239 g/mol. The van der Waals surface area contributed by atoms with E-state index in [1.165, 1.54) is 5.56 Å². The standard InChI is InChI=1S/C15H13NO2/c1-10-4-5-13-12(7-10)8-14(18-13)15(17)11-3-2-6-16-9-11/h2-9,15,17H,1H3. The summed E-state index contributed by atoms with van der Waals surface area (Å²) < 4.78 is 5.66. The molecule has 0 radical (unpaired) electrons. The summed E-state index contributed by atoms with van der Waals surface area (Å²) in [5.41, 5.74) is 2.69. The van der Waals surface area contributed by atoms with Gasteiger partial charge in [0.15, 0.2) is 0 Å². The second-order valence-electron chi connectivity index (χ2n) is 4.38. The molecule has 1 aromatic carbocycles. The summed E-state index contributed by atoms with van der Waals surface area (Å²) in [6.45, 7) is 2.03. The third-order valence-electron chi connectivity index (χ3n) is 2.96. The molecule has 1 N–H and O–H groups in total. The molecule has 2 aromatic heterocycles. The van der Waals surface area contributed by atoms with Crippen molar-refractivity contribution in [1.29, 1.82) is 0 Å². The van der Waals surface area contributed by atoms with Crippen molar-refractivity contribution in [1.82, 2.24) is 4.98 Å². The largest absolute Gasteiger partial charge is 0.458 e. The number of fused-ring (bicyclic) bond motifs is 1. The Morgan fingerprint density at radius 3 is 2.89 bits per heavy atom. The number of aryl methyl sites for hydroxylation is 1. The molecule has 3 heteroatoms. The van der Waals surface area contributed by atoms with Gasteiger partial charge in [-0.3, -0.25) is 4.98 Å². The van der Waals surface area contributed by atoms with Crippen molar-refractivity contribution in [2.45, 2.75) is 13.0 Å². The molecule has 1 atom stereocenters. The number of nitrogens with zero attached hydrogens (tertiary/aromatic N) is 1. The molecule has 3 rings (SSSR count). The van der Waals surface area contributed by atoms with Crippen LogP contribution in [0.4, 0.5) is 0 Å². The predicted octanol–water partition coefficient (Wildman–Crippen LogP) is 3.22. The maximum absolute atomic E-state index is 10.2. The zero-order valence-corrected chi connectivity index (χ0v) is 10.00. The molecule has 0 aliphatic rings. The van der Waals surface area contributed by atoms with Crippen molar-refractivity contribution in [2.75, 3.05) is 0 Å². The first kappa shape index (κ1) is 11.0. The van der Waals surface area contributed by atoms with Crippen molar-refractivity contribution in [3.63, 3.8) is 0 Å². The van der Waals surface area contributed by atoms with Gasteiger partial charge in [-0.15, -0.1) is 0 Å².